The van der Waals surface area contributed by atoms with E-state index in [2.05, 4.69) is 4.74 Å². The Morgan fingerprint density at radius 1 is 1.12 bits per heavy atom. The fourth-order valence-electron chi connectivity index (χ4n) is 2.20. The molecule has 1 aliphatic carbocycles. The van der Waals surface area contributed by atoms with Crippen LogP contribution in [0.25, 0.3) is 0 Å². The molecule has 16 heavy (non-hydrogen) atoms. The lowest BCUT2D eigenvalue weighted by atomic mass is 9.75. The molecule has 4 heteroatoms. The van der Waals surface area contributed by atoms with Gasteiger partial charge in [0.1, 0.15) is 0 Å². The van der Waals surface area contributed by atoms with E-state index in [0.29, 0.717) is 0 Å². The predicted molar refractivity (Wildman–Crippen MR) is 58.8 cm³/mol. The highest BCUT2D eigenvalue weighted by molar-refractivity contribution is 8.00. The van der Waals surface area contributed by atoms with E-state index in [4.69, 9.17) is 0 Å². The Morgan fingerprint density at radius 3 is 2.56 bits per heavy atom. The van der Waals surface area contributed by atoms with E-state index in [-0.39, 0.29) is 29.0 Å². The third kappa shape index (κ3) is 1.45. The van der Waals surface area contributed by atoms with Crippen LogP contribution < -0.4 is 0 Å². The third-order valence-electron chi connectivity index (χ3n) is 3.13. The molecule has 82 valence electrons. The molecule has 1 aromatic carbocycles. The Labute approximate surface area is 97.2 Å². The van der Waals surface area contributed by atoms with Crippen molar-refractivity contribution >= 4 is 23.7 Å². The van der Waals surface area contributed by atoms with Gasteiger partial charge in [0.2, 0.25) is 0 Å². The highest BCUT2D eigenvalue weighted by atomic mass is 32.2. The number of carbonyl (C=O) groups is 2. The first-order valence-electron chi connectivity index (χ1n) is 5.23. The molecule has 1 aromatic rings. The van der Waals surface area contributed by atoms with E-state index >= 15 is 0 Å². The van der Waals surface area contributed by atoms with Gasteiger partial charge in [0.15, 0.2) is 0 Å². The fraction of sp³-hybridized carbons (Fsp3) is 0.333. The summed E-state index contributed by atoms with van der Waals surface area (Å²) in [4.78, 5) is 23.7. The van der Waals surface area contributed by atoms with Crippen LogP contribution >= 0.6 is 11.8 Å². The summed E-state index contributed by atoms with van der Waals surface area (Å²) in [6.45, 7) is 0. The molecule has 3 rings (SSSR count). The van der Waals surface area contributed by atoms with Gasteiger partial charge in [0.25, 0.3) is 0 Å². The minimum atomic E-state index is -0.338. The quantitative estimate of drug-likeness (QED) is 0.578. The van der Waals surface area contributed by atoms with Gasteiger partial charge < -0.3 is 4.74 Å². The Kier molecular flexibility index (Phi) is 2.24. The summed E-state index contributed by atoms with van der Waals surface area (Å²) in [6.07, 6.45) is 0.759. The van der Waals surface area contributed by atoms with Gasteiger partial charge in [-0.15, -0.1) is 11.8 Å². The number of ether oxygens (including phenoxy) is 1. The van der Waals surface area contributed by atoms with Crippen molar-refractivity contribution < 1.29 is 14.3 Å². The molecule has 0 amide bonds. The van der Waals surface area contributed by atoms with E-state index in [1.54, 1.807) is 11.8 Å². The number of carbonyl (C=O) groups excluding carboxylic acids is 2. The zero-order chi connectivity index (χ0) is 11.1. The molecule has 3 nitrogen and oxygen atoms in total. The zero-order valence-electron chi connectivity index (χ0n) is 8.46. The van der Waals surface area contributed by atoms with Gasteiger partial charge in [0.05, 0.1) is 11.8 Å². The summed E-state index contributed by atoms with van der Waals surface area (Å²) in [5, 5.41) is 0.200. The van der Waals surface area contributed by atoms with Crippen molar-refractivity contribution in [3.8, 4) is 0 Å². The van der Waals surface area contributed by atoms with Gasteiger partial charge in [-0.3, -0.25) is 9.59 Å². The van der Waals surface area contributed by atoms with Crippen molar-refractivity contribution in [2.24, 2.45) is 11.8 Å². The topological polar surface area (TPSA) is 43.4 Å². The fourth-order valence-corrected chi connectivity index (χ4v) is 3.62. The maximum absolute atomic E-state index is 11.4. The molecule has 0 N–H and O–H groups in total. The lowest BCUT2D eigenvalue weighted by Gasteiger charge is -2.34. The second-order valence-corrected chi connectivity index (χ2v) is 5.39. The van der Waals surface area contributed by atoms with Crippen LogP contribution in [-0.2, 0) is 14.3 Å². The first-order valence-corrected chi connectivity index (χ1v) is 6.11. The molecule has 1 saturated carbocycles. The van der Waals surface area contributed by atoms with E-state index in [1.807, 2.05) is 30.3 Å². The summed E-state index contributed by atoms with van der Waals surface area (Å²) in [7, 11) is 0. The molecule has 2 fully saturated rings. The second kappa shape index (κ2) is 3.63. The van der Waals surface area contributed by atoms with Gasteiger partial charge in [-0.2, -0.15) is 0 Å². The number of benzene rings is 1. The lowest BCUT2D eigenvalue weighted by molar-refractivity contribution is -0.153. The van der Waals surface area contributed by atoms with Crippen LogP contribution in [0.4, 0.5) is 0 Å². The Morgan fingerprint density at radius 2 is 1.88 bits per heavy atom. The minimum Gasteiger partial charge on any atom is -0.393 e. The largest absolute Gasteiger partial charge is 0.393 e. The van der Waals surface area contributed by atoms with Gasteiger partial charge in [-0.1, -0.05) is 18.2 Å². The number of rotatable bonds is 2. The van der Waals surface area contributed by atoms with Crippen molar-refractivity contribution in [2.75, 3.05) is 0 Å². The van der Waals surface area contributed by atoms with Crippen molar-refractivity contribution in [1.82, 2.24) is 0 Å². The normalized spacial score (nSPS) is 31.9. The highest BCUT2D eigenvalue weighted by Gasteiger charge is 2.57. The van der Waals surface area contributed by atoms with Crippen LogP contribution in [0, 0.1) is 11.8 Å². The van der Waals surface area contributed by atoms with Gasteiger partial charge >= 0.3 is 11.9 Å². The maximum Gasteiger partial charge on any atom is 0.318 e. The van der Waals surface area contributed by atoms with Crippen molar-refractivity contribution in [3.63, 3.8) is 0 Å². The molecule has 3 atom stereocenters. The first-order chi connectivity index (χ1) is 7.75. The Hall–Kier alpha value is -1.29. The van der Waals surface area contributed by atoms with Crippen molar-refractivity contribution in [2.45, 2.75) is 16.6 Å². The second-order valence-electron chi connectivity index (χ2n) is 4.08. The van der Waals surface area contributed by atoms with Crippen LogP contribution in [-0.4, -0.2) is 17.2 Å². The van der Waals surface area contributed by atoms with Gasteiger partial charge in [0, 0.05) is 10.1 Å². The summed E-state index contributed by atoms with van der Waals surface area (Å²) in [5.41, 5.74) is 0. The molecule has 0 spiro atoms. The number of thioether (sulfide) groups is 1. The summed E-state index contributed by atoms with van der Waals surface area (Å²) >= 11 is 1.66. The predicted octanol–water partition coefficient (Wildman–Crippen LogP) is 1.87. The monoisotopic (exact) mass is 234 g/mol. The number of hydrogen-bond donors (Lipinski definition) is 0. The zero-order valence-corrected chi connectivity index (χ0v) is 9.28. The third-order valence-corrected chi connectivity index (χ3v) is 4.46. The van der Waals surface area contributed by atoms with E-state index in [0.717, 1.165) is 11.3 Å². The summed E-state index contributed by atoms with van der Waals surface area (Å²) in [5.74, 6) is -1.05. The number of hydrogen-bond acceptors (Lipinski definition) is 4. The molecule has 1 saturated heterocycles. The van der Waals surface area contributed by atoms with Crippen LogP contribution in [0.1, 0.15) is 6.42 Å². The minimum absolute atomic E-state index is 0.172. The average molecular weight is 234 g/mol. The van der Waals surface area contributed by atoms with Gasteiger partial charge in [-0.25, -0.2) is 0 Å². The molecular formula is C12H10O3S. The van der Waals surface area contributed by atoms with Crippen LogP contribution in [0.15, 0.2) is 35.2 Å². The number of cyclic esters (lactones) is 2. The first kappa shape index (κ1) is 9.90. The molecule has 0 bridgehead atoms. The number of esters is 2. The van der Waals surface area contributed by atoms with Crippen LogP contribution in [0.3, 0.4) is 0 Å². The van der Waals surface area contributed by atoms with E-state index < -0.39 is 0 Å². The van der Waals surface area contributed by atoms with Crippen LogP contribution in [0.5, 0.6) is 0 Å². The summed E-state index contributed by atoms with van der Waals surface area (Å²) in [6, 6.07) is 9.93. The SMILES string of the molecule is O=C1OC(=O)C2C(Sc3ccccc3)CC12. The van der Waals surface area contributed by atoms with Crippen molar-refractivity contribution in [3.05, 3.63) is 30.3 Å². The Bertz CT molecular complexity index is 443. The highest BCUT2D eigenvalue weighted by Crippen LogP contribution is 2.49. The average Bonchev–Trinajstić information content (AvgIpc) is 2.46. The Balaban J connectivity index is 1.71. The molecule has 0 aromatic heterocycles. The molecule has 2 aliphatic rings. The molecule has 1 heterocycles. The summed E-state index contributed by atoms with van der Waals surface area (Å²) < 4.78 is 4.62. The molecule has 0 radical (unpaired) electrons. The van der Waals surface area contributed by atoms with Crippen molar-refractivity contribution in [1.29, 1.82) is 0 Å². The van der Waals surface area contributed by atoms with Crippen LogP contribution in [0.2, 0.25) is 0 Å². The lowest BCUT2D eigenvalue weighted by Crippen LogP contribution is -2.41. The molecule has 1 aliphatic heterocycles. The maximum atomic E-state index is 11.4. The van der Waals surface area contributed by atoms with Gasteiger partial charge in [-0.05, 0) is 18.6 Å². The smallest absolute Gasteiger partial charge is 0.318 e. The molecular weight excluding hydrogens is 224 g/mol. The molecule has 3 unspecified atom stereocenters. The van der Waals surface area contributed by atoms with E-state index in [9.17, 15) is 9.59 Å². The van der Waals surface area contributed by atoms with E-state index in [1.165, 1.54) is 0 Å². The number of fused-ring (bicyclic) bond motifs is 1. The standard InChI is InChI=1S/C12H10O3S/c13-11-8-6-9(10(8)12(14)15-11)16-7-4-2-1-3-5-7/h1-5,8-10H,6H2.